The number of fused-ring (bicyclic) bond motifs is 4. The maximum Gasteiger partial charge on any atom is 0.253 e. The molecular weight excluding hydrogens is 314 g/mol. The summed E-state index contributed by atoms with van der Waals surface area (Å²) in [6, 6.07) is 12.1. The van der Waals surface area contributed by atoms with Gasteiger partial charge in [-0.05, 0) is 37.3 Å². The number of hydrogen-bond donors (Lipinski definition) is 0. The van der Waals surface area contributed by atoms with Crippen molar-refractivity contribution in [3.8, 4) is 0 Å². The number of hydrogen-bond acceptors (Lipinski definition) is 4. The van der Waals surface area contributed by atoms with Gasteiger partial charge in [-0.2, -0.15) is 0 Å². The fourth-order valence-electron chi connectivity index (χ4n) is 4.10. The number of nitrogens with zero attached hydrogens (tertiary/aromatic N) is 3. The fraction of sp³-hybridized carbons (Fsp3) is 0.500. The lowest BCUT2D eigenvalue weighted by Gasteiger charge is -2.35. The lowest BCUT2D eigenvalue weighted by molar-refractivity contribution is 0.0732. The average molecular weight is 339 g/mol. The second-order valence-corrected chi connectivity index (χ2v) is 7.24. The number of piperidine rings is 1. The molecule has 5 rings (SSSR count). The molecule has 5 heteroatoms. The molecule has 0 unspecified atom stereocenters. The van der Waals surface area contributed by atoms with Crippen LogP contribution < -0.4 is 0 Å². The number of benzene rings is 1. The molecule has 3 fully saturated rings. The van der Waals surface area contributed by atoms with Gasteiger partial charge in [-0.1, -0.05) is 30.3 Å². The SMILES string of the molecule is CCc1cc(CN2C[C@H]3CC[C@@H]2CN(C(=O)c2ccccc2)C3)on1. The van der Waals surface area contributed by atoms with E-state index in [0.29, 0.717) is 12.0 Å². The topological polar surface area (TPSA) is 49.6 Å². The number of aromatic nitrogens is 1. The van der Waals surface area contributed by atoms with Gasteiger partial charge in [0.15, 0.2) is 5.76 Å². The van der Waals surface area contributed by atoms with E-state index in [2.05, 4.69) is 27.9 Å². The highest BCUT2D eigenvalue weighted by Gasteiger charge is 2.37. The molecule has 1 aromatic heterocycles. The lowest BCUT2D eigenvalue weighted by Crippen LogP contribution is -2.43. The van der Waals surface area contributed by atoms with Crippen LogP contribution in [0.1, 0.15) is 41.6 Å². The van der Waals surface area contributed by atoms with Gasteiger partial charge in [-0.15, -0.1) is 0 Å². The Morgan fingerprint density at radius 3 is 2.80 bits per heavy atom. The first-order valence-electron chi connectivity index (χ1n) is 9.25. The number of carbonyl (C=O) groups excluding carboxylic acids is 1. The Morgan fingerprint density at radius 1 is 1.20 bits per heavy atom. The maximum absolute atomic E-state index is 12.9. The van der Waals surface area contributed by atoms with Gasteiger partial charge in [-0.3, -0.25) is 9.69 Å². The standard InChI is InChI=1S/C20H25N3O2/c1-2-17-10-19(25-21-17)14-22-11-15-8-9-18(22)13-23(12-15)20(24)16-6-4-3-5-7-16/h3-7,10,15,18H,2,8-9,11-14H2,1H3/t15-,18-/m1/s1. The first kappa shape index (κ1) is 16.3. The van der Waals surface area contributed by atoms with E-state index >= 15 is 0 Å². The third-order valence-corrected chi connectivity index (χ3v) is 5.46. The van der Waals surface area contributed by atoms with Crippen LogP contribution in [0.3, 0.4) is 0 Å². The van der Waals surface area contributed by atoms with E-state index in [-0.39, 0.29) is 5.91 Å². The summed E-state index contributed by atoms with van der Waals surface area (Å²) in [6.45, 7) is 5.58. The van der Waals surface area contributed by atoms with E-state index < -0.39 is 0 Å². The van der Waals surface area contributed by atoms with Crippen molar-refractivity contribution in [3.05, 3.63) is 53.4 Å². The van der Waals surface area contributed by atoms with E-state index in [9.17, 15) is 4.79 Å². The quantitative estimate of drug-likeness (QED) is 0.859. The highest BCUT2D eigenvalue weighted by Crippen LogP contribution is 2.30. The van der Waals surface area contributed by atoms with Crippen LogP contribution in [0.25, 0.3) is 0 Å². The minimum Gasteiger partial charge on any atom is -0.360 e. The Hall–Kier alpha value is -2.14. The van der Waals surface area contributed by atoms with Crippen LogP contribution in [0.5, 0.6) is 0 Å². The number of carbonyl (C=O) groups is 1. The Balaban J connectivity index is 1.47. The van der Waals surface area contributed by atoms with Crippen molar-refractivity contribution in [1.29, 1.82) is 0 Å². The van der Waals surface area contributed by atoms with Crippen LogP contribution in [0.15, 0.2) is 40.9 Å². The van der Waals surface area contributed by atoms with E-state index in [1.807, 2.05) is 30.3 Å². The maximum atomic E-state index is 12.9. The summed E-state index contributed by atoms with van der Waals surface area (Å²) in [5, 5.41) is 4.10. The fourth-order valence-corrected chi connectivity index (χ4v) is 4.10. The van der Waals surface area contributed by atoms with Gasteiger partial charge in [0.25, 0.3) is 5.91 Å². The molecule has 2 aromatic rings. The molecule has 1 aromatic carbocycles. The van der Waals surface area contributed by atoms with Gasteiger partial charge in [0.1, 0.15) is 0 Å². The van der Waals surface area contributed by atoms with Crippen LogP contribution in [0, 0.1) is 5.92 Å². The number of rotatable bonds is 4. The van der Waals surface area contributed by atoms with Crippen molar-refractivity contribution in [2.75, 3.05) is 19.6 Å². The third kappa shape index (κ3) is 3.47. The zero-order chi connectivity index (χ0) is 17.2. The highest BCUT2D eigenvalue weighted by molar-refractivity contribution is 5.94. The van der Waals surface area contributed by atoms with Crippen molar-refractivity contribution >= 4 is 5.91 Å². The zero-order valence-electron chi connectivity index (χ0n) is 14.7. The normalized spacial score (nSPS) is 23.6. The molecule has 1 amide bonds. The molecule has 0 N–H and O–H groups in total. The van der Waals surface area contributed by atoms with Gasteiger partial charge in [0, 0.05) is 37.3 Å². The molecule has 132 valence electrons. The Morgan fingerprint density at radius 2 is 2.04 bits per heavy atom. The van der Waals surface area contributed by atoms with Crippen molar-refractivity contribution < 1.29 is 9.32 Å². The van der Waals surface area contributed by atoms with E-state index in [1.165, 1.54) is 6.42 Å². The molecule has 0 radical (unpaired) electrons. The van der Waals surface area contributed by atoms with Crippen LogP contribution >= 0.6 is 0 Å². The van der Waals surface area contributed by atoms with E-state index in [4.69, 9.17) is 4.52 Å². The monoisotopic (exact) mass is 339 g/mol. The average Bonchev–Trinajstić information content (AvgIpc) is 2.91. The molecular formula is C20H25N3O2. The summed E-state index contributed by atoms with van der Waals surface area (Å²) in [6.07, 6.45) is 3.25. The minimum atomic E-state index is 0.160. The molecule has 5 nitrogen and oxygen atoms in total. The zero-order valence-corrected chi connectivity index (χ0v) is 14.7. The van der Waals surface area contributed by atoms with E-state index in [0.717, 1.165) is 56.0 Å². The van der Waals surface area contributed by atoms with Crippen molar-refractivity contribution in [2.45, 2.75) is 38.8 Å². The third-order valence-electron chi connectivity index (χ3n) is 5.46. The predicted octanol–water partition coefficient (Wildman–Crippen LogP) is 2.97. The largest absolute Gasteiger partial charge is 0.360 e. The summed E-state index contributed by atoms with van der Waals surface area (Å²) in [7, 11) is 0. The summed E-state index contributed by atoms with van der Waals surface area (Å²) >= 11 is 0. The smallest absolute Gasteiger partial charge is 0.253 e. The summed E-state index contributed by atoms with van der Waals surface area (Å²) in [5.41, 5.74) is 1.80. The summed E-state index contributed by atoms with van der Waals surface area (Å²) in [4.78, 5) is 17.4. The molecule has 0 saturated carbocycles. The molecule has 0 spiro atoms. The van der Waals surface area contributed by atoms with Gasteiger partial charge >= 0.3 is 0 Å². The van der Waals surface area contributed by atoms with Crippen molar-refractivity contribution in [1.82, 2.24) is 15.0 Å². The van der Waals surface area contributed by atoms with Gasteiger partial charge < -0.3 is 9.42 Å². The second-order valence-electron chi connectivity index (χ2n) is 7.24. The predicted molar refractivity (Wildman–Crippen MR) is 95.1 cm³/mol. The molecule has 3 aliphatic rings. The Kier molecular flexibility index (Phi) is 4.57. The molecule has 4 heterocycles. The van der Waals surface area contributed by atoms with Crippen LogP contribution in [-0.4, -0.2) is 46.5 Å². The number of amides is 1. The van der Waals surface area contributed by atoms with Crippen LogP contribution in [-0.2, 0) is 13.0 Å². The minimum absolute atomic E-state index is 0.160. The summed E-state index contributed by atoms with van der Waals surface area (Å²) in [5.74, 6) is 1.64. The first-order chi connectivity index (χ1) is 12.2. The molecule has 0 aliphatic carbocycles. The van der Waals surface area contributed by atoms with Crippen LogP contribution in [0.4, 0.5) is 0 Å². The summed E-state index contributed by atoms with van der Waals surface area (Å²) < 4.78 is 5.48. The number of aryl methyl sites for hydroxylation is 1. The first-order valence-corrected chi connectivity index (χ1v) is 9.25. The second kappa shape index (κ2) is 7.00. The van der Waals surface area contributed by atoms with Gasteiger partial charge in [0.05, 0.1) is 12.2 Å². The van der Waals surface area contributed by atoms with Gasteiger partial charge in [0.2, 0.25) is 0 Å². The molecule has 3 aliphatic heterocycles. The van der Waals surface area contributed by atoms with Crippen molar-refractivity contribution in [3.63, 3.8) is 0 Å². The molecule has 3 saturated heterocycles. The van der Waals surface area contributed by atoms with Gasteiger partial charge in [-0.25, -0.2) is 0 Å². The lowest BCUT2D eigenvalue weighted by atomic mass is 9.95. The molecule has 25 heavy (non-hydrogen) atoms. The Labute approximate surface area is 148 Å². The molecule has 2 bridgehead atoms. The highest BCUT2D eigenvalue weighted by atomic mass is 16.5. The Bertz CT molecular complexity index is 728. The molecule has 2 atom stereocenters. The van der Waals surface area contributed by atoms with Crippen molar-refractivity contribution in [2.24, 2.45) is 5.92 Å². The van der Waals surface area contributed by atoms with E-state index in [1.54, 1.807) is 0 Å². The van der Waals surface area contributed by atoms with Crippen LogP contribution in [0.2, 0.25) is 0 Å².